The third-order valence-corrected chi connectivity index (χ3v) is 2.84. The molecule has 1 unspecified atom stereocenters. The Balaban J connectivity index is 2.16. The number of benzene rings is 1. The summed E-state index contributed by atoms with van der Waals surface area (Å²) in [4.78, 5) is 25.8. The Morgan fingerprint density at radius 1 is 1.32 bits per heavy atom. The van der Waals surface area contributed by atoms with E-state index < -0.39 is 17.9 Å². The van der Waals surface area contributed by atoms with Crippen molar-refractivity contribution in [1.29, 1.82) is 0 Å². The predicted molar refractivity (Wildman–Crippen MR) is 68.9 cm³/mol. The highest BCUT2D eigenvalue weighted by molar-refractivity contribution is 5.99. The summed E-state index contributed by atoms with van der Waals surface area (Å²) in [6.45, 7) is -0.299. The minimum atomic E-state index is -1.16. The number of carbonyl (C=O) groups excluding carboxylic acids is 1. The predicted octanol–water partition coefficient (Wildman–Crippen LogP) is 0.733. The van der Waals surface area contributed by atoms with E-state index in [1.54, 1.807) is 24.4 Å². The molecule has 1 atom stereocenters. The summed E-state index contributed by atoms with van der Waals surface area (Å²) in [5, 5.41) is 21.0. The fourth-order valence-electron chi connectivity index (χ4n) is 1.82. The molecule has 19 heavy (non-hydrogen) atoms. The third kappa shape index (κ3) is 2.92. The second-order valence-corrected chi connectivity index (χ2v) is 4.16. The molecule has 2 rings (SSSR count). The molecular formula is C13H14N2O4. The van der Waals surface area contributed by atoms with E-state index in [-0.39, 0.29) is 13.0 Å². The lowest BCUT2D eigenvalue weighted by molar-refractivity contribution is -0.139. The van der Waals surface area contributed by atoms with Crippen molar-refractivity contribution in [2.75, 3.05) is 6.61 Å². The van der Waals surface area contributed by atoms with Crippen molar-refractivity contribution in [3.63, 3.8) is 0 Å². The average Bonchev–Trinajstić information content (AvgIpc) is 2.85. The molecule has 0 saturated carbocycles. The Morgan fingerprint density at radius 2 is 2.11 bits per heavy atom. The van der Waals surface area contributed by atoms with Gasteiger partial charge in [0.25, 0.3) is 5.91 Å². The van der Waals surface area contributed by atoms with Crippen molar-refractivity contribution < 1.29 is 19.8 Å². The highest BCUT2D eigenvalue weighted by Crippen LogP contribution is 2.14. The van der Waals surface area contributed by atoms with Crippen molar-refractivity contribution in [3.05, 3.63) is 36.0 Å². The summed E-state index contributed by atoms with van der Waals surface area (Å²) in [5.74, 6) is -1.64. The van der Waals surface area contributed by atoms with Gasteiger partial charge in [-0.15, -0.1) is 0 Å². The van der Waals surface area contributed by atoms with E-state index in [9.17, 15) is 9.59 Å². The zero-order chi connectivity index (χ0) is 13.8. The number of rotatable bonds is 5. The number of hydrogen-bond donors (Lipinski definition) is 4. The molecule has 2 aromatic rings. The maximum absolute atomic E-state index is 11.9. The number of carbonyl (C=O) groups is 2. The van der Waals surface area contributed by atoms with Crippen LogP contribution < -0.4 is 5.32 Å². The number of carboxylic acids is 1. The van der Waals surface area contributed by atoms with Gasteiger partial charge in [0.15, 0.2) is 0 Å². The second kappa shape index (κ2) is 5.53. The molecule has 4 N–H and O–H groups in total. The van der Waals surface area contributed by atoms with Crippen molar-refractivity contribution in [1.82, 2.24) is 10.3 Å². The molecule has 1 aromatic carbocycles. The van der Waals surface area contributed by atoms with Crippen molar-refractivity contribution in [3.8, 4) is 0 Å². The van der Waals surface area contributed by atoms with E-state index in [0.29, 0.717) is 5.56 Å². The number of fused-ring (bicyclic) bond motifs is 1. The summed E-state index contributed by atoms with van der Waals surface area (Å²) in [6.07, 6.45) is 1.74. The van der Waals surface area contributed by atoms with E-state index >= 15 is 0 Å². The smallest absolute Gasteiger partial charge is 0.326 e. The zero-order valence-electron chi connectivity index (χ0n) is 10.1. The number of aliphatic hydroxyl groups excluding tert-OH is 1. The largest absolute Gasteiger partial charge is 0.480 e. The molecule has 0 aliphatic rings. The molecule has 0 fully saturated rings. The maximum atomic E-state index is 11.9. The number of aliphatic hydroxyl groups is 1. The van der Waals surface area contributed by atoms with Crippen LogP contribution in [0.5, 0.6) is 0 Å². The number of nitrogens with one attached hydrogen (secondary N) is 2. The number of hydrogen-bond acceptors (Lipinski definition) is 3. The molecule has 6 heteroatoms. The second-order valence-electron chi connectivity index (χ2n) is 4.16. The van der Waals surface area contributed by atoms with Crippen molar-refractivity contribution >= 4 is 22.8 Å². The van der Waals surface area contributed by atoms with Gasteiger partial charge in [-0.2, -0.15) is 0 Å². The number of amides is 1. The highest BCUT2D eigenvalue weighted by Gasteiger charge is 2.20. The van der Waals surface area contributed by atoms with Crippen molar-refractivity contribution in [2.24, 2.45) is 0 Å². The monoisotopic (exact) mass is 262 g/mol. The van der Waals surface area contributed by atoms with Gasteiger partial charge in [-0.25, -0.2) is 4.79 Å². The van der Waals surface area contributed by atoms with Crippen LogP contribution in [0.2, 0.25) is 0 Å². The molecule has 1 aromatic heterocycles. The fraction of sp³-hybridized carbons (Fsp3) is 0.231. The molecule has 0 saturated heterocycles. The topological polar surface area (TPSA) is 102 Å². The molecule has 1 amide bonds. The Hall–Kier alpha value is -2.34. The number of aliphatic carboxylic acids is 1. The lowest BCUT2D eigenvalue weighted by atomic mass is 10.1. The van der Waals surface area contributed by atoms with E-state index in [4.69, 9.17) is 10.2 Å². The van der Waals surface area contributed by atoms with Gasteiger partial charge in [-0.1, -0.05) is 6.07 Å². The van der Waals surface area contributed by atoms with E-state index in [1.165, 1.54) is 0 Å². The van der Waals surface area contributed by atoms with Crippen LogP contribution in [0.4, 0.5) is 0 Å². The molecule has 0 aliphatic heterocycles. The normalized spacial score (nSPS) is 12.3. The lowest BCUT2D eigenvalue weighted by Crippen LogP contribution is -2.41. The van der Waals surface area contributed by atoms with Gasteiger partial charge in [0, 0.05) is 30.3 Å². The van der Waals surface area contributed by atoms with Gasteiger partial charge in [0.05, 0.1) is 0 Å². The van der Waals surface area contributed by atoms with Crippen LogP contribution in [0.3, 0.4) is 0 Å². The van der Waals surface area contributed by atoms with Crippen LogP contribution in [0.25, 0.3) is 10.9 Å². The summed E-state index contributed by atoms with van der Waals surface area (Å²) in [7, 11) is 0. The quantitative estimate of drug-likeness (QED) is 0.638. The van der Waals surface area contributed by atoms with Crippen LogP contribution in [0.15, 0.2) is 30.5 Å². The van der Waals surface area contributed by atoms with E-state index in [2.05, 4.69) is 10.3 Å². The van der Waals surface area contributed by atoms with E-state index in [1.807, 2.05) is 6.07 Å². The van der Waals surface area contributed by atoms with Gasteiger partial charge in [0.1, 0.15) is 6.04 Å². The molecule has 0 radical (unpaired) electrons. The Bertz CT molecular complexity index is 605. The van der Waals surface area contributed by atoms with Crippen LogP contribution in [-0.4, -0.2) is 39.7 Å². The van der Waals surface area contributed by atoms with Crippen LogP contribution in [-0.2, 0) is 4.79 Å². The Labute approximate surface area is 109 Å². The average molecular weight is 262 g/mol. The first-order valence-electron chi connectivity index (χ1n) is 5.83. The molecule has 1 heterocycles. The van der Waals surface area contributed by atoms with Gasteiger partial charge in [0.2, 0.25) is 0 Å². The first-order chi connectivity index (χ1) is 9.11. The van der Waals surface area contributed by atoms with Crippen LogP contribution in [0.1, 0.15) is 16.8 Å². The Morgan fingerprint density at radius 3 is 2.79 bits per heavy atom. The van der Waals surface area contributed by atoms with Gasteiger partial charge < -0.3 is 20.5 Å². The SMILES string of the molecule is O=C(NC(CCO)C(=O)O)c1ccc2cc[nH]c2c1. The standard InChI is InChI=1S/C13H14N2O4/c16-6-4-10(13(18)19)15-12(17)9-2-1-8-3-5-14-11(8)7-9/h1-3,5,7,10,14,16H,4,6H2,(H,15,17)(H,18,19). The maximum Gasteiger partial charge on any atom is 0.326 e. The molecular weight excluding hydrogens is 248 g/mol. The van der Waals surface area contributed by atoms with Gasteiger partial charge >= 0.3 is 5.97 Å². The van der Waals surface area contributed by atoms with E-state index in [0.717, 1.165) is 10.9 Å². The van der Waals surface area contributed by atoms with Gasteiger partial charge in [-0.3, -0.25) is 4.79 Å². The fourth-order valence-corrected chi connectivity index (χ4v) is 1.82. The summed E-state index contributed by atoms with van der Waals surface area (Å²) in [6, 6.07) is 5.86. The summed E-state index contributed by atoms with van der Waals surface area (Å²) in [5.41, 5.74) is 1.18. The summed E-state index contributed by atoms with van der Waals surface area (Å²) >= 11 is 0. The van der Waals surface area contributed by atoms with Crippen LogP contribution >= 0.6 is 0 Å². The van der Waals surface area contributed by atoms with Gasteiger partial charge in [-0.05, 0) is 23.6 Å². The minimum Gasteiger partial charge on any atom is -0.480 e. The molecule has 6 nitrogen and oxygen atoms in total. The number of carboxylic acid groups (broad SMARTS) is 1. The zero-order valence-corrected chi connectivity index (χ0v) is 10.1. The molecule has 0 aliphatic carbocycles. The lowest BCUT2D eigenvalue weighted by Gasteiger charge is -2.13. The summed E-state index contributed by atoms with van der Waals surface area (Å²) < 4.78 is 0. The minimum absolute atomic E-state index is 0.0220. The highest BCUT2D eigenvalue weighted by atomic mass is 16.4. The number of aromatic nitrogens is 1. The molecule has 0 bridgehead atoms. The number of H-pyrrole nitrogens is 1. The number of aromatic amines is 1. The first-order valence-corrected chi connectivity index (χ1v) is 5.83. The Kier molecular flexibility index (Phi) is 3.82. The molecule has 100 valence electrons. The molecule has 0 spiro atoms. The first kappa shape index (κ1) is 13.1. The third-order valence-electron chi connectivity index (χ3n) is 2.84. The van der Waals surface area contributed by atoms with Crippen molar-refractivity contribution in [2.45, 2.75) is 12.5 Å². The van der Waals surface area contributed by atoms with Crippen LogP contribution in [0, 0.1) is 0 Å².